The Bertz CT molecular complexity index is 1210. The fourth-order valence-electron chi connectivity index (χ4n) is 3.78. The molecular formula is C26H29N5O3. The van der Waals surface area contributed by atoms with Crippen LogP contribution >= 0.6 is 0 Å². The van der Waals surface area contributed by atoms with Crippen molar-refractivity contribution >= 4 is 22.8 Å². The monoisotopic (exact) mass is 459 g/mol. The number of aromatic amines is 1. The third-order valence-electron chi connectivity index (χ3n) is 5.69. The molecule has 0 saturated carbocycles. The molecule has 0 aliphatic carbocycles. The summed E-state index contributed by atoms with van der Waals surface area (Å²) < 4.78 is 5.80. The molecular weight excluding hydrogens is 430 g/mol. The second kappa shape index (κ2) is 11.3. The van der Waals surface area contributed by atoms with Gasteiger partial charge < -0.3 is 15.0 Å². The standard InChI is InChI=1S/C26H29N5O3/c1-18(19-8-4-2-5-9-19)29-25-22-16-23(30-26(22)28-17-27-25)20-11-13-21(14-12-20)34-15-7-3-6-10-24(32)31-33/h2,4-5,8-9,11-14,16-18,33H,3,6-7,10,15H2,1H3,(H,31,32)(H2,27,28,29,30)/t18-/m1/s1. The van der Waals surface area contributed by atoms with Crippen molar-refractivity contribution in [1.29, 1.82) is 0 Å². The van der Waals surface area contributed by atoms with Crippen LogP contribution in [0.3, 0.4) is 0 Å². The lowest BCUT2D eigenvalue weighted by Crippen LogP contribution is -2.17. The molecule has 0 fully saturated rings. The average molecular weight is 460 g/mol. The van der Waals surface area contributed by atoms with Gasteiger partial charge in [0.1, 0.15) is 23.5 Å². The van der Waals surface area contributed by atoms with Gasteiger partial charge in [0.15, 0.2) is 0 Å². The quantitative estimate of drug-likeness (QED) is 0.139. The summed E-state index contributed by atoms with van der Waals surface area (Å²) in [5.41, 5.74) is 5.60. The summed E-state index contributed by atoms with van der Waals surface area (Å²) in [4.78, 5) is 23.2. The van der Waals surface area contributed by atoms with Crippen LogP contribution in [0.4, 0.5) is 5.82 Å². The number of fused-ring (bicyclic) bond motifs is 1. The summed E-state index contributed by atoms with van der Waals surface area (Å²) in [5.74, 6) is 1.24. The highest BCUT2D eigenvalue weighted by molar-refractivity contribution is 5.91. The van der Waals surface area contributed by atoms with E-state index in [1.165, 1.54) is 5.56 Å². The highest BCUT2D eigenvalue weighted by Gasteiger charge is 2.12. The van der Waals surface area contributed by atoms with Crippen molar-refractivity contribution in [2.75, 3.05) is 11.9 Å². The van der Waals surface area contributed by atoms with E-state index in [4.69, 9.17) is 9.94 Å². The fourth-order valence-corrected chi connectivity index (χ4v) is 3.78. The molecule has 4 N–H and O–H groups in total. The number of carbonyl (C=O) groups is 1. The minimum Gasteiger partial charge on any atom is -0.494 e. The number of ether oxygens (including phenoxy) is 1. The van der Waals surface area contributed by atoms with Crippen LogP contribution in [0.1, 0.15) is 44.2 Å². The summed E-state index contributed by atoms with van der Waals surface area (Å²) in [6.45, 7) is 2.69. The van der Waals surface area contributed by atoms with Gasteiger partial charge in [-0.05, 0) is 67.6 Å². The molecule has 0 unspecified atom stereocenters. The van der Waals surface area contributed by atoms with Crippen molar-refractivity contribution in [3.05, 3.63) is 72.6 Å². The molecule has 1 atom stereocenters. The minimum atomic E-state index is -0.354. The Balaban J connectivity index is 1.37. The molecule has 4 rings (SSSR count). The van der Waals surface area contributed by atoms with E-state index >= 15 is 0 Å². The summed E-state index contributed by atoms with van der Waals surface area (Å²) in [6.07, 6.45) is 4.32. The summed E-state index contributed by atoms with van der Waals surface area (Å²) in [6, 6.07) is 20.4. The number of unbranched alkanes of at least 4 members (excludes halogenated alkanes) is 2. The molecule has 2 aromatic carbocycles. The molecule has 0 spiro atoms. The van der Waals surface area contributed by atoms with Crippen molar-refractivity contribution in [2.45, 2.75) is 38.6 Å². The van der Waals surface area contributed by atoms with Gasteiger partial charge in [-0.3, -0.25) is 10.0 Å². The Hall–Kier alpha value is -3.91. The fraction of sp³-hybridized carbons (Fsp3) is 0.269. The summed E-state index contributed by atoms with van der Waals surface area (Å²) in [5, 5.41) is 12.9. The van der Waals surface area contributed by atoms with Crippen LogP contribution in [-0.4, -0.2) is 32.7 Å². The maximum Gasteiger partial charge on any atom is 0.243 e. The Kier molecular flexibility index (Phi) is 7.72. The smallest absolute Gasteiger partial charge is 0.243 e. The molecule has 2 heterocycles. The molecule has 2 aromatic heterocycles. The lowest BCUT2D eigenvalue weighted by atomic mass is 10.1. The Labute approximate surface area is 198 Å². The number of aromatic nitrogens is 3. The molecule has 0 radical (unpaired) electrons. The van der Waals surface area contributed by atoms with Crippen LogP contribution in [0.15, 0.2) is 67.0 Å². The minimum absolute atomic E-state index is 0.112. The molecule has 34 heavy (non-hydrogen) atoms. The summed E-state index contributed by atoms with van der Waals surface area (Å²) >= 11 is 0. The third kappa shape index (κ3) is 5.90. The number of amides is 1. The second-order valence-corrected chi connectivity index (χ2v) is 8.16. The number of carbonyl (C=O) groups excluding carboxylic acids is 1. The van der Waals surface area contributed by atoms with Crippen LogP contribution in [0.5, 0.6) is 5.75 Å². The first-order valence-corrected chi connectivity index (χ1v) is 11.5. The lowest BCUT2D eigenvalue weighted by Gasteiger charge is -2.15. The number of nitrogens with zero attached hydrogens (tertiary/aromatic N) is 2. The van der Waals surface area contributed by atoms with E-state index in [2.05, 4.69) is 45.4 Å². The number of hydrogen-bond donors (Lipinski definition) is 4. The first-order valence-electron chi connectivity index (χ1n) is 11.5. The van der Waals surface area contributed by atoms with Gasteiger partial charge in [-0.2, -0.15) is 0 Å². The van der Waals surface area contributed by atoms with Crippen LogP contribution in [0, 0.1) is 0 Å². The number of hydrogen-bond acceptors (Lipinski definition) is 6. The van der Waals surface area contributed by atoms with E-state index in [0.29, 0.717) is 13.0 Å². The van der Waals surface area contributed by atoms with Gasteiger partial charge in [-0.15, -0.1) is 0 Å². The van der Waals surface area contributed by atoms with Gasteiger partial charge in [-0.25, -0.2) is 15.4 Å². The van der Waals surface area contributed by atoms with Crippen molar-refractivity contribution in [1.82, 2.24) is 20.4 Å². The normalized spacial score (nSPS) is 11.8. The van der Waals surface area contributed by atoms with Gasteiger partial charge >= 0.3 is 0 Å². The topological polar surface area (TPSA) is 112 Å². The third-order valence-corrected chi connectivity index (χ3v) is 5.69. The Morgan fingerprint density at radius 2 is 1.85 bits per heavy atom. The molecule has 0 bridgehead atoms. The van der Waals surface area contributed by atoms with E-state index in [1.807, 2.05) is 42.5 Å². The van der Waals surface area contributed by atoms with Gasteiger partial charge in [-0.1, -0.05) is 30.3 Å². The number of hydroxylamine groups is 1. The van der Waals surface area contributed by atoms with Crippen molar-refractivity contribution in [2.24, 2.45) is 0 Å². The Morgan fingerprint density at radius 1 is 1.06 bits per heavy atom. The molecule has 8 nitrogen and oxygen atoms in total. The van der Waals surface area contributed by atoms with E-state index in [1.54, 1.807) is 11.8 Å². The molecule has 0 saturated heterocycles. The lowest BCUT2D eigenvalue weighted by molar-refractivity contribution is -0.129. The van der Waals surface area contributed by atoms with Crippen molar-refractivity contribution < 1.29 is 14.7 Å². The van der Waals surface area contributed by atoms with Gasteiger partial charge in [0.05, 0.1) is 12.0 Å². The van der Waals surface area contributed by atoms with Crippen LogP contribution < -0.4 is 15.5 Å². The molecule has 8 heteroatoms. The number of rotatable bonds is 11. The summed E-state index contributed by atoms with van der Waals surface area (Å²) in [7, 11) is 0. The predicted molar refractivity (Wildman–Crippen MR) is 132 cm³/mol. The highest BCUT2D eigenvalue weighted by atomic mass is 16.5. The maximum atomic E-state index is 11.0. The molecule has 176 valence electrons. The van der Waals surface area contributed by atoms with E-state index in [0.717, 1.165) is 53.1 Å². The number of nitrogens with one attached hydrogen (secondary N) is 3. The zero-order valence-electron chi connectivity index (χ0n) is 19.1. The van der Waals surface area contributed by atoms with Crippen LogP contribution in [0.25, 0.3) is 22.3 Å². The van der Waals surface area contributed by atoms with Gasteiger partial charge in [0, 0.05) is 18.2 Å². The molecule has 0 aliphatic rings. The zero-order chi connectivity index (χ0) is 23.8. The zero-order valence-corrected chi connectivity index (χ0v) is 19.1. The first kappa shape index (κ1) is 23.3. The maximum absolute atomic E-state index is 11.0. The van der Waals surface area contributed by atoms with Crippen molar-refractivity contribution in [3.8, 4) is 17.0 Å². The van der Waals surface area contributed by atoms with E-state index < -0.39 is 0 Å². The SMILES string of the molecule is C[C@@H](Nc1ncnc2[nH]c(-c3ccc(OCCCCCC(=O)NO)cc3)cc12)c1ccccc1. The highest BCUT2D eigenvalue weighted by Crippen LogP contribution is 2.29. The second-order valence-electron chi connectivity index (χ2n) is 8.16. The van der Waals surface area contributed by atoms with Crippen LogP contribution in [-0.2, 0) is 4.79 Å². The Morgan fingerprint density at radius 3 is 2.62 bits per heavy atom. The van der Waals surface area contributed by atoms with Crippen molar-refractivity contribution in [3.63, 3.8) is 0 Å². The predicted octanol–water partition coefficient (Wildman–Crippen LogP) is 5.24. The van der Waals surface area contributed by atoms with Crippen LogP contribution in [0.2, 0.25) is 0 Å². The molecule has 0 aliphatic heterocycles. The number of anilines is 1. The van der Waals surface area contributed by atoms with Gasteiger partial charge in [0.2, 0.25) is 5.91 Å². The first-order chi connectivity index (χ1) is 16.6. The molecule has 1 amide bonds. The van der Waals surface area contributed by atoms with E-state index in [-0.39, 0.29) is 11.9 Å². The van der Waals surface area contributed by atoms with Gasteiger partial charge in [0.25, 0.3) is 0 Å². The average Bonchev–Trinajstić information content (AvgIpc) is 3.32. The largest absolute Gasteiger partial charge is 0.494 e. The van der Waals surface area contributed by atoms with E-state index in [9.17, 15) is 4.79 Å². The number of H-pyrrole nitrogens is 1. The number of benzene rings is 2. The molecule has 4 aromatic rings.